The fourth-order valence-electron chi connectivity index (χ4n) is 1.99. The maximum atomic E-state index is 12.0. The van der Waals surface area contributed by atoms with Crippen LogP contribution in [0, 0.1) is 12.8 Å². The van der Waals surface area contributed by atoms with E-state index in [0.717, 1.165) is 18.7 Å². The van der Waals surface area contributed by atoms with Gasteiger partial charge in [-0.1, -0.05) is 6.92 Å². The summed E-state index contributed by atoms with van der Waals surface area (Å²) < 4.78 is 5.33. The number of hydrogen-bond acceptors (Lipinski definition) is 3. The van der Waals surface area contributed by atoms with Crippen molar-refractivity contribution < 1.29 is 9.21 Å². The second kappa shape index (κ2) is 4.29. The van der Waals surface area contributed by atoms with Gasteiger partial charge in [-0.25, -0.2) is 0 Å². The Bertz CT molecular complexity index is 386. The van der Waals surface area contributed by atoms with E-state index in [1.165, 1.54) is 0 Å². The molecule has 1 amide bonds. The fraction of sp³-hybridized carbons (Fsp3) is 0.583. The summed E-state index contributed by atoms with van der Waals surface area (Å²) in [4.78, 5) is 13.8. The average molecular weight is 222 g/mol. The molecule has 0 spiro atoms. The zero-order chi connectivity index (χ0) is 11.7. The molecule has 1 fully saturated rings. The first kappa shape index (κ1) is 11.2. The summed E-state index contributed by atoms with van der Waals surface area (Å²) in [5, 5.41) is 0. The smallest absolute Gasteiger partial charge is 0.289 e. The summed E-state index contributed by atoms with van der Waals surface area (Å²) in [6, 6.07) is 3.61. The van der Waals surface area contributed by atoms with E-state index in [9.17, 15) is 4.79 Å². The molecule has 4 heteroatoms. The minimum atomic E-state index is -0.0459. The van der Waals surface area contributed by atoms with Gasteiger partial charge in [0.1, 0.15) is 5.76 Å². The predicted octanol–water partition coefficient (Wildman–Crippen LogP) is 1.40. The zero-order valence-corrected chi connectivity index (χ0v) is 9.77. The summed E-state index contributed by atoms with van der Waals surface area (Å²) in [6.45, 7) is 5.36. The highest BCUT2D eigenvalue weighted by Crippen LogP contribution is 2.18. The van der Waals surface area contributed by atoms with Crippen molar-refractivity contribution in [2.75, 3.05) is 13.1 Å². The second-order valence-corrected chi connectivity index (χ2v) is 4.59. The number of piperidine rings is 1. The summed E-state index contributed by atoms with van der Waals surface area (Å²) in [7, 11) is 0. The number of carbonyl (C=O) groups is 1. The van der Waals surface area contributed by atoms with Crippen LogP contribution < -0.4 is 5.73 Å². The van der Waals surface area contributed by atoms with Crippen molar-refractivity contribution in [2.45, 2.75) is 26.3 Å². The Morgan fingerprint density at radius 2 is 2.31 bits per heavy atom. The van der Waals surface area contributed by atoms with E-state index in [1.54, 1.807) is 17.0 Å². The van der Waals surface area contributed by atoms with E-state index < -0.39 is 0 Å². The van der Waals surface area contributed by atoms with Crippen molar-refractivity contribution in [3.8, 4) is 0 Å². The van der Waals surface area contributed by atoms with E-state index >= 15 is 0 Å². The van der Waals surface area contributed by atoms with Crippen LogP contribution in [0.4, 0.5) is 0 Å². The topological polar surface area (TPSA) is 59.5 Å². The molecule has 2 heterocycles. The van der Waals surface area contributed by atoms with Gasteiger partial charge < -0.3 is 15.1 Å². The molecule has 1 aromatic rings. The molecular weight excluding hydrogens is 204 g/mol. The Labute approximate surface area is 95.4 Å². The molecule has 2 unspecified atom stereocenters. The molecule has 1 saturated heterocycles. The van der Waals surface area contributed by atoms with Crippen LogP contribution >= 0.6 is 0 Å². The SMILES string of the molecule is Cc1ccc(C(=O)N2CCC(C)C(N)C2)o1. The minimum absolute atomic E-state index is 0.0459. The van der Waals surface area contributed by atoms with Gasteiger partial charge in [0, 0.05) is 19.1 Å². The summed E-state index contributed by atoms with van der Waals surface area (Å²) in [5.74, 6) is 1.62. The summed E-state index contributed by atoms with van der Waals surface area (Å²) in [6.07, 6.45) is 0.965. The van der Waals surface area contributed by atoms with Gasteiger partial charge >= 0.3 is 0 Å². The first-order valence-corrected chi connectivity index (χ1v) is 5.69. The van der Waals surface area contributed by atoms with Gasteiger partial charge in [-0.15, -0.1) is 0 Å². The van der Waals surface area contributed by atoms with Gasteiger partial charge in [0.15, 0.2) is 5.76 Å². The van der Waals surface area contributed by atoms with Crippen molar-refractivity contribution in [2.24, 2.45) is 11.7 Å². The lowest BCUT2D eigenvalue weighted by atomic mass is 9.94. The maximum absolute atomic E-state index is 12.0. The molecule has 1 aromatic heterocycles. The molecule has 4 nitrogen and oxygen atoms in total. The Balaban J connectivity index is 2.06. The normalized spacial score (nSPS) is 25.8. The van der Waals surface area contributed by atoms with E-state index in [2.05, 4.69) is 6.92 Å². The molecule has 16 heavy (non-hydrogen) atoms. The number of hydrogen-bond donors (Lipinski definition) is 1. The molecule has 88 valence electrons. The third kappa shape index (κ3) is 2.11. The largest absolute Gasteiger partial charge is 0.456 e. The van der Waals surface area contributed by atoms with Crippen LogP contribution in [0.25, 0.3) is 0 Å². The molecule has 1 aliphatic rings. The van der Waals surface area contributed by atoms with Gasteiger partial charge in [0.05, 0.1) is 0 Å². The van der Waals surface area contributed by atoms with Crippen LogP contribution in [0.3, 0.4) is 0 Å². The number of nitrogens with zero attached hydrogens (tertiary/aromatic N) is 1. The van der Waals surface area contributed by atoms with Crippen molar-refractivity contribution in [1.29, 1.82) is 0 Å². The van der Waals surface area contributed by atoms with E-state index in [1.807, 2.05) is 6.92 Å². The Hall–Kier alpha value is -1.29. The van der Waals surface area contributed by atoms with Crippen LogP contribution in [0.5, 0.6) is 0 Å². The van der Waals surface area contributed by atoms with E-state index in [4.69, 9.17) is 10.2 Å². The van der Waals surface area contributed by atoms with E-state index in [0.29, 0.717) is 18.2 Å². The van der Waals surface area contributed by atoms with Crippen LogP contribution in [-0.2, 0) is 0 Å². The Kier molecular flexibility index (Phi) is 3.01. The molecule has 1 aliphatic heterocycles. The second-order valence-electron chi connectivity index (χ2n) is 4.59. The monoisotopic (exact) mass is 222 g/mol. The number of carbonyl (C=O) groups excluding carboxylic acids is 1. The van der Waals surface area contributed by atoms with Crippen molar-refractivity contribution in [1.82, 2.24) is 4.90 Å². The molecular formula is C12H18N2O2. The summed E-state index contributed by atoms with van der Waals surface area (Å²) in [5.41, 5.74) is 5.97. The molecule has 0 aromatic carbocycles. The van der Waals surface area contributed by atoms with Crippen molar-refractivity contribution in [3.63, 3.8) is 0 Å². The van der Waals surface area contributed by atoms with Gasteiger partial charge in [0.2, 0.25) is 0 Å². The molecule has 2 atom stereocenters. The van der Waals surface area contributed by atoms with Crippen LogP contribution in [0.2, 0.25) is 0 Å². The number of nitrogens with two attached hydrogens (primary N) is 1. The first-order valence-electron chi connectivity index (χ1n) is 5.69. The third-order valence-corrected chi connectivity index (χ3v) is 3.25. The minimum Gasteiger partial charge on any atom is -0.456 e. The van der Waals surface area contributed by atoms with Gasteiger partial charge in [-0.2, -0.15) is 0 Å². The lowest BCUT2D eigenvalue weighted by Crippen LogP contribution is -2.49. The molecule has 0 aliphatic carbocycles. The van der Waals surface area contributed by atoms with Gasteiger partial charge in [0.25, 0.3) is 5.91 Å². The lowest BCUT2D eigenvalue weighted by Gasteiger charge is -2.34. The Morgan fingerprint density at radius 3 is 2.88 bits per heavy atom. The highest BCUT2D eigenvalue weighted by Gasteiger charge is 2.28. The zero-order valence-electron chi connectivity index (χ0n) is 9.77. The number of furan rings is 1. The Morgan fingerprint density at radius 1 is 1.56 bits per heavy atom. The van der Waals surface area contributed by atoms with Crippen LogP contribution in [-0.4, -0.2) is 29.9 Å². The number of aryl methyl sites for hydroxylation is 1. The maximum Gasteiger partial charge on any atom is 0.289 e. The standard InChI is InChI=1S/C12H18N2O2/c1-8-5-6-14(7-10(8)13)12(15)11-4-3-9(2)16-11/h3-4,8,10H,5-7,13H2,1-2H3. The molecule has 0 saturated carbocycles. The molecule has 2 N–H and O–H groups in total. The number of amides is 1. The quantitative estimate of drug-likeness (QED) is 0.781. The average Bonchev–Trinajstić information content (AvgIpc) is 2.68. The highest BCUT2D eigenvalue weighted by molar-refractivity contribution is 5.91. The third-order valence-electron chi connectivity index (χ3n) is 3.25. The summed E-state index contributed by atoms with van der Waals surface area (Å²) >= 11 is 0. The van der Waals surface area contributed by atoms with Gasteiger partial charge in [-0.05, 0) is 31.4 Å². The van der Waals surface area contributed by atoms with Crippen LogP contribution in [0.1, 0.15) is 29.7 Å². The molecule has 0 radical (unpaired) electrons. The van der Waals surface area contributed by atoms with Crippen molar-refractivity contribution in [3.05, 3.63) is 23.7 Å². The molecule has 0 bridgehead atoms. The van der Waals surface area contributed by atoms with E-state index in [-0.39, 0.29) is 11.9 Å². The highest BCUT2D eigenvalue weighted by atomic mass is 16.3. The molecule has 2 rings (SSSR count). The number of rotatable bonds is 1. The predicted molar refractivity (Wildman–Crippen MR) is 61.1 cm³/mol. The number of likely N-dealkylation sites (tertiary alicyclic amines) is 1. The van der Waals surface area contributed by atoms with Crippen LogP contribution in [0.15, 0.2) is 16.5 Å². The van der Waals surface area contributed by atoms with Gasteiger partial charge in [-0.3, -0.25) is 4.79 Å². The lowest BCUT2D eigenvalue weighted by molar-refractivity contribution is 0.0639. The van der Waals surface area contributed by atoms with Crippen molar-refractivity contribution >= 4 is 5.91 Å². The first-order chi connectivity index (χ1) is 7.58. The fourth-order valence-corrected chi connectivity index (χ4v) is 1.99.